The molecule has 0 amide bonds. The number of fused-ring (bicyclic) bond motifs is 1. The fraction of sp³-hybridized carbons (Fsp3) is 0.790. The number of hydrogen-bond acceptors (Lipinski definition) is 24. The Morgan fingerprint density at radius 1 is 0.466 bits per heavy atom. The quantitative estimate of drug-likeness (QED) is 0.0182. The molecule has 11 unspecified atom stereocenters. The van der Waals surface area contributed by atoms with Crippen LogP contribution in [0.2, 0.25) is 72.5 Å². The maximum Gasteiger partial charge on any atom is 0.308 e. The smallest absolute Gasteiger partial charge is 0.308 e. The van der Waals surface area contributed by atoms with Gasteiger partial charge in [0.1, 0.15) is 61.0 Å². The summed E-state index contributed by atoms with van der Waals surface area (Å²) in [7, 11) is -9.77. The molecule has 6 fully saturated rings. The van der Waals surface area contributed by atoms with E-state index in [2.05, 4.69) is 177 Å². The number of benzene rings is 3. The Balaban J connectivity index is 0.916. The van der Waals surface area contributed by atoms with Crippen LogP contribution in [0.3, 0.4) is 0 Å². The molecule has 6 aliphatic rings. The molecule has 3 aromatic rings. The minimum atomic E-state index is -2.69. The molecule has 28 atom stereocenters. The van der Waals surface area contributed by atoms with E-state index in [0.717, 1.165) is 23.1 Å². The van der Waals surface area contributed by atoms with Crippen molar-refractivity contribution in [1.29, 1.82) is 5.41 Å². The van der Waals surface area contributed by atoms with E-state index in [-0.39, 0.29) is 101 Å². The molecule has 0 aliphatic carbocycles. The highest BCUT2D eigenvalue weighted by molar-refractivity contribution is 6.76. The van der Waals surface area contributed by atoms with Gasteiger partial charge in [0.2, 0.25) is 12.2 Å². The van der Waals surface area contributed by atoms with E-state index in [0.29, 0.717) is 39.3 Å². The van der Waals surface area contributed by atoms with E-state index in [1.54, 1.807) is 6.92 Å². The second-order valence-corrected chi connectivity index (χ2v) is 66.0. The normalized spacial score (nSPS) is 31.1. The molecule has 6 heterocycles. The Morgan fingerprint density at radius 2 is 0.901 bits per heavy atom. The summed E-state index contributed by atoms with van der Waals surface area (Å²) < 4.78 is 143. The maximum atomic E-state index is 15.3. The Morgan fingerprint density at radius 3 is 1.39 bits per heavy atom. The van der Waals surface area contributed by atoms with Crippen molar-refractivity contribution in [2.24, 2.45) is 35.5 Å². The minimum Gasteiger partial charge on any atom is -0.462 e. The molecule has 3 aromatic carbocycles. The zero-order valence-corrected chi connectivity index (χ0v) is 91.3. The number of hydrogen-bond donors (Lipinski definition) is 1. The lowest BCUT2D eigenvalue weighted by Crippen LogP contribution is -2.61. The first-order valence-electron chi connectivity index (χ1n) is 48.2. The van der Waals surface area contributed by atoms with Gasteiger partial charge in [-0.3, -0.25) is 15.0 Å². The highest BCUT2D eigenvalue weighted by atomic mass is 35.6. The number of halogens is 3. The van der Waals surface area contributed by atoms with Gasteiger partial charge in [0.15, 0.2) is 57.9 Å². The summed E-state index contributed by atoms with van der Waals surface area (Å²) in [6.07, 6.45) is -13.4. The zero-order valence-electron chi connectivity index (χ0n) is 85.0. The summed E-state index contributed by atoms with van der Waals surface area (Å²) in [6.45, 7) is 70.0. The third-order valence-corrected chi connectivity index (χ3v) is 48.3. The predicted octanol–water partition coefficient (Wildman–Crippen LogP) is 22.4. The minimum absolute atomic E-state index is 0.00780. The molecule has 131 heavy (non-hydrogen) atoms. The lowest BCUT2D eigenvalue weighted by Gasteiger charge is -2.48. The highest BCUT2D eigenvalue weighted by Gasteiger charge is 2.59. The van der Waals surface area contributed by atoms with Crippen molar-refractivity contribution in [1.82, 2.24) is 0 Å². The molecule has 1 N–H and O–H groups in total. The lowest BCUT2D eigenvalue weighted by atomic mass is 9.90. The van der Waals surface area contributed by atoms with Gasteiger partial charge in [-0.2, -0.15) is 0 Å². The van der Waals surface area contributed by atoms with Crippen molar-refractivity contribution in [2.75, 3.05) is 26.4 Å². The van der Waals surface area contributed by atoms with Gasteiger partial charge in [-0.1, -0.05) is 277 Å². The number of alkyl halides is 3. The molecule has 0 radical (unpaired) electrons. The molecule has 0 aromatic heterocycles. The molecule has 6 aliphatic heterocycles. The van der Waals surface area contributed by atoms with E-state index in [4.69, 9.17) is 138 Å². The van der Waals surface area contributed by atoms with E-state index in [9.17, 15) is 0 Å². The number of rotatable bonds is 42. The fourth-order valence-electron chi connectivity index (χ4n) is 16.8. The third-order valence-electron chi connectivity index (χ3n) is 29.7. The summed E-state index contributed by atoms with van der Waals surface area (Å²) in [5.41, 5.74) is 3.06. The zero-order chi connectivity index (χ0) is 97.3. The maximum absolute atomic E-state index is 15.3. The Bertz CT molecular complexity index is 4000. The highest BCUT2D eigenvalue weighted by Crippen LogP contribution is 2.49. The molecule has 24 nitrogen and oxygen atoms in total. The molecule has 0 saturated carbocycles. The second-order valence-electron chi connectivity index (χ2n) is 44.6. The third kappa shape index (κ3) is 30.3. The number of carbonyl (C=O) groups excluding carboxylic acids is 2. The first-order chi connectivity index (χ1) is 60.7. The van der Waals surface area contributed by atoms with Crippen LogP contribution in [0.4, 0.5) is 0 Å². The van der Waals surface area contributed by atoms with Crippen LogP contribution < -0.4 is 0 Å². The van der Waals surface area contributed by atoms with Crippen LogP contribution >= 0.6 is 34.8 Å². The number of nitrogens with one attached hydrogen (secondary N) is 1. The van der Waals surface area contributed by atoms with Gasteiger partial charge >= 0.3 is 11.9 Å². The van der Waals surface area contributed by atoms with Gasteiger partial charge in [-0.15, -0.1) is 0 Å². The second kappa shape index (κ2) is 46.7. The Hall–Kier alpha value is -2.91. The van der Waals surface area contributed by atoms with E-state index < -0.39 is 189 Å². The van der Waals surface area contributed by atoms with Crippen molar-refractivity contribution in [3.63, 3.8) is 0 Å². The van der Waals surface area contributed by atoms with Crippen LogP contribution in [0.25, 0.3) is 0 Å². The van der Waals surface area contributed by atoms with E-state index in [1.807, 2.05) is 126 Å². The average molecular weight is 1970 g/mol. The van der Waals surface area contributed by atoms with Crippen LogP contribution in [0.15, 0.2) is 91.0 Å². The number of carbonyl (C=O) groups is 2. The predicted molar refractivity (Wildman–Crippen MR) is 522 cm³/mol. The van der Waals surface area contributed by atoms with Crippen LogP contribution in [-0.4, -0.2) is 222 Å². The molecular weight excluding hydrogens is 1800 g/mol. The van der Waals surface area contributed by atoms with Crippen molar-refractivity contribution >= 4 is 85.9 Å². The van der Waals surface area contributed by atoms with E-state index in [1.165, 1.54) is 0 Å². The molecule has 6 saturated heterocycles. The lowest BCUT2D eigenvalue weighted by molar-refractivity contribution is -0.340. The summed E-state index contributed by atoms with van der Waals surface area (Å²) in [5.74, 6) is -4.55. The van der Waals surface area contributed by atoms with Crippen molar-refractivity contribution in [3.8, 4) is 0 Å². The monoisotopic (exact) mass is 1970 g/mol. The fourth-order valence-corrected chi connectivity index (χ4v) is 22.1. The Labute approximate surface area is 805 Å². The standard InChI is InChI=1S/C100H166Cl3NO23Si4/c1-33-61(3)74(116-80(105)52-73(126-130(29,30)97(17,18)19)51-75(62(4)34-2)117-92-66(8)85(127-131(31,32)98(20,21)22)79(118-92)60-113-128(25,26)95(11,12)13)50-72(125-129(27,28)96(14,15)16)53-81(106)119-82-63(5)86(93(115-67(82)9)122-94(104)100(101,102)103)110-59-78-88-89(124-99(23,24)123-88)87(68(10)114-78)121-91-65(7)84(77(58-112-91)108-55-70-46-40-36-41-47-70)120-90-64(6)83(109-56-71-48-42-37-43-49-71)76(57-111-90)107-54-69-44-38-35-39-45-69/h35-49,61-68,72-79,82-93,104H,33-34,50-60H2,1-32H3/t61-,62-,63?,64?,65?,66?,67?,68+,72-,73-,74-,75-,76+,77+,78-,79-,82+,83?,84?,85?,86?,87-,88?,89?,90-,91-,92+,93+/m0/s1. The van der Waals surface area contributed by atoms with Crippen LogP contribution in [0.5, 0.6) is 0 Å². The van der Waals surface area contributed by atoms with Crippen molar-refractivity contribution in [2.45, 2.75) is 442 Å². The summed E-state index contributed by atoms with van der Waals surface area (Å²) in [6, 6.07) is 30.1. The van der Waals surface area contributed by atoms with Crippen molar-refractivity contribution < 1.29 is 108 Å². The van der Waals surface area contributed by atoms with Crippen molar-refractivity contribution in [3.05, 3.63) is 108 Å². The summed E-state index contributed by atoms with van der Waals surface area (Å²) in [4.78, 5) is 30.5. The van der Waals surface area contributed by atoms with Crippen LogP contribution in [0.1, 0.15) is 221 Å². The SMILES string of the molecule is CC[C@H](C)[C@H](C[C@@H](CC(=O)O[C@H]1C(C)O[C@H](OC(=N)C(Cl)(Cl)Cl)C(OC[C@@H]2O[C@H](C)[C@H](O[C@@H]3OC[C@@H](OCc4ccccc4)C(O[C@@H]4OC[C@@H](OCc5ccccc5)C(OCc5ccccc5)C4C)C3C)C3OC(C)(C)OC32)C1C)O[Si](C)(C)C(C)(C)C)OC(=O)C[C@H](C[C@H](O[C@@H]1O[C@@H](CO[Si](C)(C)C(C)(C)C)C(O[Si](C)(C)C(C)(C)C)C1C)[C@@H](C)CC)O[Si](C)(C)C(C)(C)C. The summed E-state index contributed by atoms with van der Waals surface area (Å²) >= 11 is 19.0. The Kier molecular flexibility index (Phi) is 39.8. The molecule has 31 heteroatoms. The molecule has 9 rings (SSSR count). The van der Waals surface area contributed by atoms with Gasteiger partial charge in [0.25, 0.3) is 3.79 Å². The number of esters is 2. The topological polar surface area (TPSA) is 252 Å². The van der Waals surface area contributed by atoms with Gasteiger partial charge in [0.05, 0.1) is 108 Å². The molecule has 746 valence electrons. The van der Waals surface area contributed by atoms with Gasteiger partial charge in [-0.05, 0) is 135 Å². The number of ether oxygens (including phenoxy) is 17. The largest absolute Gasteiger partial charge is 0.462 e. The first kappa shape index (κ1) is 112. The summed E-state index contributed by atoms with van der Waals surface area (Å²) in [5, 5.41) is 8.28. The average Bonchev–Trinajstić information content (AvgIpc) is 1.39. The van der Waals surface area contributed by atoms with E-state index >= 15 is 9.59 Å². The molecular formula is C100H166Cl3NO23Si4. The van der Waals surface area contributed by atoms with Crippen LogP contribution in [-0.2, 0) is 128 Å². The molecule has 0 spiro atoms. The van der Waals surface area contributed by atoms with Gasteiger partial charge in [-0.25, -0.2) is 0 Å². The first-order valence-corrected chi connectivity index (χ1v) is 61.0. The van der Waals surface area contributed by atoms with Crippen LogP contribution in [0, 0.1) is 40.9 Å². The van der Waals surface area contributed by atoms with Gasteiger partial charge < -0.3 is 98.2 Å². The molecule has 0 bridgehead atoms. The van der Waals surface area contributed by atoms with Gasteiger partial charge in [0, 0.05) is 30.1 Å².